The molecule has 1 saturated heterocycles. The maximum absolute atomic E-state index is 12.4. The summed E-state index contributed by atoms with van der Waals surface area (Å²) in [5, 5.41) is 0. The van der Waals surface area contributed by atoms with Crippen molar-refractivity contribution in [1.29, 1.82) is 0 Å². The molecule has 0 aliphatic carbocycles. The van der Waals surface area contributed by atoms with E-state index in [1.165, 1.54) is 6.07 Å². The van der Waals surface area contributed by atoms with Crippen molar-refractivity contribution in [3.63, 3.8) is 0 Å². The molecule has 1 aliphatic rings. The Morgan fingerprint density at radius 3 is 2.38 bits per heavy atom. The van der Waals surface area contributed by atoms with Crippen molar-refractivity contribution in [3.05, 3.63) is 22.7 Å². The van der Waals surface area contributed by atoms with Crippen LogP contribution in [0.5, 0.6) is 5.75 Å². The molecule has 1 aliphatic heterocycles. The Bertz CT molecular complexity index is 486. The molecule has 0 amide bonds. The molecule has 3 nitrogen and oxygen atoms in total. The summed E-state index contributed by atoms with van der Waals surface area (Å²) in [5.74, 6) is -0.199. The van der Waals surface area contributed by atoms with Crippen LogP contribution in [-0.4, -0.2) is 44.5 Å². The predicted molar refractivity (Wildman–Crippen MR) is 79.7 cm³/mol. The Balaban J connectivity index is 2.09. The van der Waals surface area contributed by atoms with Gasteiger partial charge in [-0.15, -0.1) is 13.2 Å². The third-order valence-corrected chi connectivity index (χ3v) is 4.36. The number of nitrogens with zero attached hydrogens (tertiary/aromatic N) is 2. The summed E-state index contributed by atoms with van der Waals surface area (Å²) in [5.41, 5.74) is 0.759. The molecule has 0 bridgehead atoms. The fourth-order valence-electron chi connectivity index (χ4n) is 2.53. The van der Waals surface area contributed by atoms with Crippen LogP contribution in [0.4, 0.5) is 18.9 Å². The van der Waals surface area contributed by atoms with Crippen LogP contribution in [-0.2, 0) is 0 Å². The number of hydrogen-bond donors (Lipinski definition) is 0. The van der Waals surface area contributed by atoms with Crippen molar-refractivity contribution in [1.82, 2.24) is 4.90 Å². The summed E-state index contributed by atoms with van der Waals surface area (Å²) in [6, 6.07) is 5.37. The van der Waals surface area contributed by atoms with Gasteiger partial charge >= 0.3 is 6.36 Å². The maximum Gasteiger partial charge on any atom is 0.573 e. The van der Waals surface area contributed by atoms with E-state index < -0.39 is 6.36 Å². The van der Waals surface area contributed by atoms with E-state index in [0.29, 0.717) is 10.5 Å². The molecule has 21 heavy (non-hydrogen) atoms. The van der Waals surface area contributed by atoms with Gasteiger partial charge in [-0.2, -0.15) is 0 Å². The van der Waals surface area contributed by atoms with E-state index in [1.807, 2.05) is 6.07 Å². The first kappa shape index (κ1) is 16.4. The highest BCUT2D eigenvalue weighted by atomic mass is 79.9. The number of piperidine rings is 1. The lowest BCUT2D eigenvalue weighted by atomic mass is 10.0. The summed E-state index contributed by atoms with van der Waals surface area (Å²) < 4.78 is 41.5. The van der Waals surface area contributed by atoms with Gasteiger partial charge in [-0.1, -0.05) is 0 Å². The van der Waals surface area contributed by atoms with E-state index in [1.54, 1.807) is 6.07 Å². The van der Waals surface area contributed by atoms with Crippen molar-refractivity contribution < 1.29 is 17.9 Å². The van der Waals surface area contributed by atoms with E-state index in [4.69, 9.17) is 0 Å². The van der Waals surface area contributed by atoms with Gasteiger partial charge in [-0.3, -0.25) is 0 Å². The molecule has 118 valence electrons. The molecule has 0 aromatic heterocycles. The minimum Gasteiger partial charge on any atom is -0.405 e. The summed E-state index contributed by atoms with van der Waals surface area (Å²) in [6.45, 7) is 1.66. The summed E-state index contributed by atoms with van der Waals surface area (Å²) in [6.07, 6.45) is -2.68. The fraction of sp³-hybridized carbons (Fsp3) is 0.571. The Morgan fingerprint density at radius 2 is 1.86 bits per heavy atom. The van der Waals surface area contributed by atoms with Crippen molar-refractivity contribution >= 4 is 21.6 Å². The van der Waals surface area contributed by atoms with Crippen LogP contribution >= 0.6 is 15.9 Å². The van der Waals surface area contributed by atoms with Gasteiger partial charge < -0.3 is 14.5 Å². The van der Waals surface area contributed by atoms with Crippen LogP contribution < -0.4 is 9.64 Å². The first-order valence-corrected chi connectivity index (χ1v) is 7.52. The second kappa shape index (κ2) is 6.44. The lowest BCUT2D eigenvalue weighted by molar-refractivity contribution is -0.274. The van der Waals surface area contributed by atoms with E-state index >= 15 is 0 Å². The second-order valence-electron chi connectivity index (χ2n) is 5.34. The smallest absolute Gasteiger partial charge is 0.405 e. The zero-order chi connectivity index (χ0) is 15.6. The van der Waals surface area contributed by atoms with Gasteiger partial charge in [0.05, 0.1) is 4.47 Å². The molecular formula is C14H18BrF3N2O. The fourth-order valence-corrected chi connectivity index (χ4v) is 2.86. The summed E-state index contributed by atoms with van der Waals surface area (Å²) in [4.78, 5) is 4.28. The molecule has 0 atom stereocenters. The van der Waals surface area contributed by atoms with Gasteiger partial charge in [0, 0.05) is 30.9 Å². The lowest BCUT2D eigenvalue weighted by Crippen LogP contribution is -2.42. The average Bonchev–Trinajstić information content (AvgIpc) is 2.40. The zero-order valence-electron chi connectivity index (χ0n) is 12.0. The Hall–Kier alpha value is -0.950. The minimum absolute atomic E-state index is 0.199. The molecule has 1 heterocycles. The van der Waals surface area contributed by atoms with Crippen LogP contribution in [0.15, 0.2) is 22.7 Å². The predicted octanol–water partition coefficient (Wildman–Crippen LogP) is 3.88. The van der Waals surface area contributed by atoms with Crippen LogP contribution in [0.1, 0.15) is 12.8 Å². The van der Waals surface area contributed by atoms with Crippen LogP contribution in [0.3, 0.4) is 0 Å². The lowest BCUT2D eigenvalue weighted by Gasteiger charge is -2.36. The van der Waals surface area contributed by atoms with E-state index in [9.17, 15) is 13.2 Å². The van der Waals surface area contributed by atoms with Crippen LogP contribution in [0, 0.1) is 0 Å². The average molecular weight is 367 g/mol. The quantitative estimate of drug-likeness (QED) is 0.807. The Kier molecular flexibility index (Phi) is 5.03. The van der Waals surface area contributed by atoms with Crippen molar-refractivity contribution in [2.75, 3.05) is 32.1 Å². The van der Waals surface area contributed by atoms with Crippen molar-refractivity contribution in [2.45, 2.75) is 25.2 Å². The molecular weight excluding hydrogens is 349 g/mol. The highest BCUT2D eigenvalue weighted by Gasteiger charge is 2.32. The van der Waals surface area contributed by atoms with E-state index in [-0.39, 0.29) is 5.75 Å². The van der Waals surface area contributed by atoms with Gasteiger partial charge in [0.25, 0.3) is 0 Å². The van der Waals surface area contributed by atoms with Gasteiger partial charge in [0.15, 0.2) is 0 Å². The van der Waals surface area contributed by atoms with E-state index in [0.717, 1.165) is 31.6 Å². The largest absolute Gasteiger partial charge is 0.573 e. The highest BCUT2D eigenvalue weighted by molar-refractivity contribution is 9.10. The third kappa shape index (κ3) is 4.51. The molecule has 0 N–H and O–H groups in total. The normalized spacial score (nSPS) is 17.4. The first-order chi connectivity index (χ1) is 9.76. The van der Waals surface area contributed by atoms with Crippen LogP contribution in [0.2, 0.25) is 0 Å². The Morgan fingerprint density at radius 1 is 1.24 bits per heavy atom. The molecule has 0 saturated carbocycles. The second-order valence-corrected chi connectivity index (χ2v) is 6.20. The maximum atomic E-state index is 12.4. The number of rotatable bonds is 3. The molecule has 1 fully saturated rings. The summed E-state index contributed by atoms with van der Waals surface area (Å²) in [7, 11) is 4.10. The number of anilines is 1. The van der Waals surface area contributed by atoms with Gasteiger partial charge in [0.1, 0.15) is 5.75 Å². The number of ether oxygens (including phenoxy) is 1. The number of alkyl halides is 3. The monoisotopic (exact) mass is 366 g/mol. The molecule has 7 heteroatoms. The molecule has 1 aromatic rings. The van der Waals surface area contributed by atoms with Crippen molar-refractivity contribution in [2.24, 2.45) is 0 Å². The standard InChI is InChI=1S/C14H18BrF3N2O/c1-19(2)10-5-7-20(8-6-10)11-3-4-12(15)13(9-11)21-14(16,17)18/h3-4,9-10H,5-8H2,1-2H3. The van der Waals surface area contributed by atoms with Crippen molar-refractivity contribution in [3.8, 4) is 5.75 Å². The SMILES string of the molecule is CN(C)C1CCN(c2ccc(Br)c(OC(F)(F)F)c2)CC1. The molecule has 0 radical (unpaired) electrons. The van der Waals surface area contributed by atoms with Crippen LogP contribution in [0.25, 0.3) is 0 Å². The molecule has 2 rings (SSSR count). The highest BCUT2D eigenvalue weighted by Crippen LogP contribution is 2.34. The molecule has 0 spiro atoms. The Labute approximate surface area is 130 Å². The number of hydrogen-bond acceptors (Lipinski definition) is 3. The van der Waals surface area contributed by atoms with Gasteiger partial charge in [0.2, 0.25) is 0 Å². The van der Waals surface area contributed by atoms with Gasteiger partial charge in [-0.25, -0.2) is 0 Å². The van der Waals surface area contributed by atoms with E-state index in [2.05, 4.69) is 44.6 Å². The number of halogens is 4. The van der Waals surface area contributed by atoms with Gasteiger partial charge in [-0.05, 0) is 55.0 Å². The topological polar surface area (TPSA) is 15.7 Å². The molecule has 1 aromatic carbocycles. The first-order valence-electron chi connectivity index (χ1n) is 6.73. The minimum atomic E-state index is -4.68. The third-order valence-electron chi connectivity index (χ3n) is 3.70. The zero-order valence-corrected chi connectivity index (χ0v) is 13.5. The molecule has 0 unspecified atom stereocenters. The number of benzene rings is 1. The summed E-state index contributed by atoms with van der Waals surface area (Å²) >= 11 is 3.09.